The van der Waals surface area contributed by atoms with Crippen molar-refractivity contribution in [3.05, 3.63) is 58.8 Å². The molecule has 0 saturated heterocycles. The van der Waals surface area contributed by atoms with Crippen molar-refractivity contribution in [1.29, 1.82) is 0 Å². The van der Waals surface area contributed by atoms with E-state index in [-0.39, 0.29) is 5.91 Å². The molecule has 2 rings (SSSR count). The Balaban J connectivity index is 1.78. The van der Waals surface area contributed by atoms with E-state index >= 15 is 0 Å². The molecule has 0 unspecified atom stereocenters. The lowest BCUT2D eigenvalue weighted by Crippen LogP contribution is -2.38. The van der Waals surface area contributed by atoms with Gasteiger partial charge in [0.1, 0.15) is 0 Å². The minimum atomic E-state index is -0.0459. The van der Waals surface area contributed by atoms with Crippen molar-refractivity contribution in [2.75, 3.05) is 18.4 Å². The average Bonchev–Trinajstić information content (AvgIpc) is 2.62. The molecule has 6 nitrogen and oxygen atoms in total. The predicted molar refractivity (Wildman–Crippen MR) is 104 cm³/mol. The van der Waals surface area contributed by atoms with Gasteiger partial charge >= 0.3 is 0 Å². The quantitative estimate of drug-likeness (QED) is 0.490. The van der Waals surface area contributed by atoms with E-state index in [2.05, 4.69) is 41.9 Å². The summed E-state index contributed by atoms with van der Waals surface area (Å²) in [5, 5.41) is 9.18. The Kier molecular flexibility index (Phi) is 7.91. The van der Waals surface area contributed by atoms with Gasteiger partial charge in [-0.15, -0.1) is 0 Å². The zero-order valence-electron chi connectivity index (χ0n) is 14.1. The number of aromatic nitrogens is 1. The maximum atomic E-state index is 12.0. The number of benzene rings is 1. The molecule has 2 aromatic rings. The highest BCUT2D eigenvalue weighted by Crippen LogP contribution is 2.14. The molecule has 0 saturated carbocycles. The number of carbonyl (C=O) groups is 1. The van der Waals surface area contributed by atoms with E-state index in [1.54, 1.807) is 6.20 Å². The Morgan fingerprint density at radius 2 is 1.96 bits per heavy atom. The van der Waals surface area contributed by atoms with Gasteiger partial charge in [-0.3, -0.25) is 9.78 Å². The van der Waals surface area contributed by atoms with E-state index in [1.807, 2.05) is 49.4 Å². The topological polar surface area (TPSA) is 78.4 Å². The summed E-state index contributed by atoms with van der Waals surface area (Å²) in [6, 6.07) is 13.2. The fourth-order valence-corrected chi connectivity index (χ4v) is 2.31. The second-order valence-electron chi connectivity index (χ2n) is 5.25. The minimum Gasteiger partial charge on any atom is -0.357 e. The lowest BCUT2D eigenvalue weighted by Gasteiger charge is -2.11. The summed E-state index contributed by atoms with van der Waals surface area (Å²) in [6.07, 6.45) is 2.10. The number of guanidine groups is 1. The van der Waals surface area contributed by atoms with Gasteiger partial charge in [-0.05, 0) is 43.3 Å². The number of carbonyl (C=O) groups excluding carboxylic acids is 1. The fourth-order valence-electron chi connectivity index (χ4n) is 2.04. The van der Waals surface area contributed by atoms with Gasteiger partial charge in [0.05, 0.1) is 12.2 Å². The summed E-state index contributed by atoms with van der Waals surface area (Å²) in [7, 11) is 0. The van der Waals surface area contributed by atoms with Crippen LogP contribution >= 0.6 is 15.9 Å². The molecule has 0 bridgehead atoms. The molecule has 3 N–H and O–H groups in total. The van der Waals surface area contributed by atoms with Gasteiger partial charge in [-0.1, -0.05) is 22.0 Å². The van der Waals surface area contributed by atoms with Crippen LogP contribution < -0.4 is 16.0 Å². The number of aliphatic imine (C=N–C) groups is 1. The van der Waals surface area contributed by atoms with Crippen LogP contribution in [0.4, 0.5) is 5.69 Å². The SMILES string of the molecule is CCNC(=NCc1ccccn1)NCCC(=O)Nc1ccc(Br)cc1. The van der Waals surface area contributed by atoms with Crippen LogP contribution in [0.1, 0.15) is 19.0 Å². The Labute approximate surface area is 156 Å². The van der Waals surface area contributed by atoms with E-state index in [0.29, 0.717) is 25.5 Å². The molecule has 132 valence electrons. The molecule has 25 heavy (non-hydrogen) atoms. The summed E-state index contributed by atoms with van der Waals surface area (Å²) in [6.45, 7) is 3.73. The summed E-state index contributed by atoms with van der Waals surface area (Å²) >= 11 is 3.37. The molecular formula is C18H22BrN5O. The summed E-state index contributed by atoms with van der Waals surface area (Å²) in [5.74, 6) is 0.625. The average molecular weight is 404 g/mol. The number of nitrogens with one attached hydrogen (secondary N) is 3. The molecule has 1 heterocycles. The van der Waals surface area contributed by atoms with Crippen LogP contribution in [0.5, 0.6) is 0 Å². The first-order valence-electron chi connectivity index (χ1n) is 8.15. The van der Waals surface area contributed by atoms with Gasteiger partial charge < -0.3 is 16.0 Å². The molecule has 0 aliphatic carbocycles. The maximum Gasteiger partial charge on any atom is 0.226 e. The van der Waals surface area contributed by atoms with Crippen LogP contribution in [0.15, 0.2) is 58.1 Å². The number of rotatable bonds is 7. The first-order valence-corrected chi connectivity index (χ1v) is 8.94. The van der Waals surface area contributed by atoms with Gasteiger partial charge in [0.15, 0.2) is 5.96 Å². The standard InChI is InChI=1S/C18H22BrN5O/c1-2-20-18(23-13-16-5-3-4-11-21-16)22-12-10-17(25)24-15-8-6-14(19)7-9-15/h3-9,11H,2,10,12-13H2,1H3,(H,24,25)(H2,20,22,23). The Morgan fingerprint density at radius 3 is 2.64 bits per heavy atom. The van der Waals surface area contributed by atoms with E-state index in [1.165, 1.54) is 0 Å². The molecular weight excluding hydrogens is 382 g/mol. The Bertz CT molecular complexity index is 688. The van der Waals surface area contributed by atoms with Crippen LogP contribution in [0.3, 0.4) is 0 Å². The Hall–Kier alpha value is -2.41. The predicted octanol–water partition coefficient (Wildman–Crippen LogP) is 2.93. The van der Waals surface area contributed by atoms with Crippen molar-refractivity contribution in [3.8, 4) is 0 Å². The zero-order valence-corrected chi connectivity index (χ0v) is 15.7. The summed E-state index contributed by atoms with van der Waals surface area (Å²) in [5.41, 5.74) is 1.68. The maximum absolute atomic E-state index is 12.0. The smallest absolute Gasteiger partial charge is 0.226 e. The van der Waals surface area contributed by atoms with E-state index in [9.17, 15) is 4.79 Å². The first kappa shape index (κ1) is 18.9. The van der Waals surface area contributed by atoms with Crippen molar-refractivity contribution in [2.45, 2.75) is 19.9 Å². The van der Waals surface area contributed by atoms with Gasteiger partial charge in [0.2, 0.25) is 5.91 Å². The number of nitrogens with zero attached hydrogens (tertiary/aromatic N) is 2. The Morgan fingerprint density at radius 1 is 1.16 bits per heavy atom. The molecule has 7 heteroatoms. The van der Waals surface area contributed by atoms with Crippen molar-refractivity contribution >= 4 is 33.5 Å². The van der Waals surface area contributed by atoms with Gasteiger partial charge in [0, 0.05) is 35.9 Å². The van der Waals surface area contributed by atoms with E-state index < -0.39 is 0 Å². The second kappa shape index (κ2) is 10.5. The van der Waals surface area contributed by atoms with Gasteiger partial charge in [-0.25, -0.2) is 4.99 Å². The van der Waals surface area contributed by atoms with Crippen molar-refractivity contribution in [3.63, 3.8) is 0 Å². The monoisotopic (exact) mass is 403 g/mol. The number of hydrogen-bond acceptors (Lipinski definition) is 3. The first-order chi connectivity index (χ1) is 12.2. The highest BCUT2D eigenvalue weighted by Gasteiger charge is 2.04. The minimum absolute atomic E-state index is 0.0459. The molecule has 0 fully saturated rings. The van der Waals surface area contributed by atoms with Crippen molar-refractivity contribution < 1.29 is 4.79 Å². The molecule has 1 aromatic carbocycles. The lowest BCUT2D eigenvalue weighted by atomic mass is 10.3. The van der Waals surface area contributed by atoms with Crippen LogP contribution in [-0.4, -0.2) is 29.9 Å². The fraction of sp³-hybridized carbons (Fsp3) is 0.278. The molecule has 0 aliphatic heterocycles. The van der Waals surface area contributed by atoms with Crippen LogP contribution in [0, 0.1) is 0 Å². The second-order valence-corrected chi connectivity index (χ2v) is 6.16. The van der Waals surface area contributed by atoms with Crippen molar-refractivity contribution in [1.82, 2.24) is 15.6 Å². The number of anilines is 1. The van der Waals surface area contributed by atoms with Crippen LogP contribution in [0.2, 0.25) is 0 Å². The number of amides is 1. The molecule has 0 atom stereocenters. The number of hydrogen-bond donors (Lipinski definition) is 3. The van der Waals surface area contributed by atoms with Crippen LogP contribution in [0.25, 0.3) is 0 Å². The lowest BCUT2D eigenvalue weighted by molar-refractivity contribution is -0.116. The highest BCUT2D eigenvalue weighted by molar-refractivity contribution is 9.10. The molecule has 0 spiro atoms. The third kappa shape index (κ3) is 7.34. The van der Waals surface area contributed by atoms with E-state index in [0.717, 1.165) is 22.4 Å². The van der Waals surface area contributed by atoms with Crippen molar-refractivity contribution in [2.24, 2.45) is 4.99 Å². The molecule has 1 aromatic heterocycles. The van der Waals surface area contributed by atoms with Gasteiger partial charge in [-0.2, -0.15) is 0 Å². The largest absolute Gasteiger partial charge is 0.357 e. The summed E-state index contributed by atoms with van der Waals surface area (Å²) < 4.78 is 0.978. The molecule has 1 amide bonds. The number of halogens is 1. The molecule has 0 radical (unpaired) electrons. The number of pyridine rings is 1. The summed E-state index contributed by atoms with van der Waals surface area (Å²) in [4.78, 5) is 20.7. The molecule has 0 aliphatic rings. The highest BCUT2D eigenvalue weighted by atomic mass is 79.9. The van der Waals surface area contributed by atoms with Gasteiger partial charge in [0.25, 0.3) is 0 Å². The zero-order chi connectivity index (χ0) is 17.9. The third-order valence-electron chi connectivity index (χ3n) is 3.24. The third-order valence-corrected chi connectivity index (χ3v) is 3.77. The normalized spacial score (nSPS) is 11.0. The van der Waals surface area contributed by atoms with E-state index in [4.69, 9.17) is 0 Å². The van der Waals surface area contributed by atoms with Crippen LogP contribution in [-0.2, 0) is 11.3 Å².